The van der Waals surface area contributed by atoms with Gasteiger partial charge in [-0.15, -0.1) is 0 Å². The highest BCUT2D eigenvalue weighted by atomic mass is 16.6. The summed E-state index contributed by atoms with van der Waals surface area (Å²) in [5.41, 5.74) is 5.00. The third kappa shape index (κ3) is 7.51. The first-order chi connectivity index (χ1) is 24.2. The summed E-state index contributed by atoms with van der Waals surface area (Å²) >= 11 is 0. The number of aryl methyl sites for hydroxylation is 1. The number of nitrogens with zero attached hydrogens (tertiary/aromatic N) is 5. The number of piperidine rings is 3. The van der Waals surface area contributed by atoms with Crippen LogP contribution in [0.2, 0.25) is 0 Å². The molecule has 0 aliphatic carbocycles. The molecular formula is C38H52N6O6. The Morgan fingerprint density at radius 2 is 1.62 bits per heavy atom. The second kappa shape index (κ2) is 15.1. The van der Waals surface area contributed by atoms with Crippen LogP contribution in [-0.4, -0.2) is 133 Å². The molecule has 2 aromatic carbocycles. The molecule has 270 valence electrons. The van der Waals surface area contributed by atoms with Gasteiger partial charge in [-0.2, -0.15) is 0 Å². The average Bonchev–Trinajstić information content (AvgIpc) is 3.29. The molecule has 5 heterocycles. The second-order valence-electron chi connectivity index (χ2n) is 14.7. The van der Waals surface area contributed by atoms with Gasteiger partial charge in [0.1, 0.15) is 12.4 Å². The van der Waals surface area contributed by atoms with Gasteiger partial charge in [0, 0.05) is 77.1 Å². The molecule has 0 unspecified atom stereocenters. The number of aliphatic hydroxyl groups is 1. The number of para-hydroxylation sites is 1. The first kappa shape index (κ1) is 34.4. The lowest BCUT2D eigenvalue weighted by Gasteiger charge is -2.41. The predicted octanol–water partition coefficient (Wildman–Crippen LogP) is 3.87. The van der Waals surface area contributed by atoms with E-state index in [4.69, 9.17) is 9.47 Å². The van der Waals surface area contributed by atoms with Crippen LogP contribution in [0, 0.1) is 6.92 Å². The summed E-state index contributed by atoms with van der Waals surface area (Å²) in [4.78, 5) is 51.2. The number of carbonyl (C=O) groups excluding carboxylic acids is 3. The minimum Gasteiger partial charge on any atom is -0.490 e. The molecule has 12 heteroatoms. The van der Waals surface area contributed by atoms with E-state index in [1.54, 1.807) is 4.90 Å². The van der Waals surface area contributed by atoms with Gasteiger partial charge in [0.05, 0.1) is 18.3 Å². The summed E-state index contributed by atoms with van der Waals surface area (Å²) in [6.07, 6.45) is 4.01. The summed E-state index contributed by atoms with van der Waals surface area (Å²) in [6.45, 7) is 8.00. The van der Waals surface area contributed by atoms with Gasteiger partial charge in [0.2, 0.25) is 0 Å². The first-order valence-corrected chi connectivity index (χ1v) is 18.5. The molecule has 2 N–H and O–H groups in total. The average molecular weight is 689 g/mol. The van der Waals surface area contributed by atoms with E-state index >= 15 is 0 Å². The maximum absolute atomic E-state index is 14.2. The van der Waals surface area contributed by atoms with E-state index in [-0.39, 0.29) is 30.5 Å². The Balaban J connectivity index is 1.01. The summed E-state index contributed by atoms with van der Waals surface area (Å²) in [6, 6.07) is 12.3. The van der Waals surface area contributed by atoms with Crippen molar-refractivity contribution in [2.75, 3.05) is 76.2 Å². The van der Waals surface area contributed by atoms with Crippen molar-refractivity contribution >= 4 is 29.4 Å². The molecule has 3 fully saturated rings. The zero-order chi connectivity index (χ0) is 34.8. The van der Waals surface area contributed by atoms with E-state index in [1.807, 2.05) is 41.0 Å². The second-order valence-corrected chi connectivity index (χ2v) is 14.7. The van der Waals surface area contributed by atoms with Crippen molar-refractivity contribution in [3.63, 3.8) is 0 Å². The highest BCUT2D eigenvalue weighted by molar-refractivity contribution is 5.91. The van der Waals surface area contributed by atoms with Crippen molar-refractivity contribution in [2.45, 2.75) is 82.6 Å². The van der Waals surface area contributed by atoms with Crippen LogP contribution in [0.15, 0.2) is 36.4 Å². The number of nitrogens with one attached hydrogen (secondary N) is 1. The number of hydrogen-bond donors (Lipinski definition) is 2. The Hall–Kier alpha value is -4.03. The van der Waals surface area contributed by atoms with Crippen molar-refractivity contribution in [1.29, 1.82) is 0 Å². The van der Waals surface area contributed by atoms with E-state index in [0.29, 0.717) is 58.2 Å². The largest absolute Gasteiger partial charge is 0.490 e. The molecular weight excluding hydrogens is 636 g/mol. The minimum atomic E-state index is -0.962. The molecule has 7 rings (SSSR count). The number of likely N-dealkylation sites (N-methyl/N-ethyl adjacent to an activating group) is 1. The summed E-state index contributed by atoms with van der Waals surface area (Å²) < 4.78 is 12.2. The van der Waals surface area contributed by atoms with Crippen molar-refractivity contribution in [3.05, 3.63) is 53.1 Å². The number of likely N-dealkylation sites (tertiary alicyclic amines) is 3. The van der Waals surface area contributed by atoms with Gasteiger partial charge in [-0.1, -0.05) is 24.3 Å². The summed E-state index contributed by atoms with van der Waals surface area (Å²) in [5.74, 6) is 0.636. The van der Waals surface area contributed by atoms with E-state index in [2.05, 4.69) is 34.3 Å². The number of carbonyl (C=O) groups is 3. The Morgan fingerprint density at radius 3 is 2.38 bits per heavy atom. The minimum absolute atomic E-state index is 0.0202. The zero-order valence-corrected chi connectivity index (χ0v) is 29.5. The van der Waals surface area contributed by atoms with E-state index < -0.39 is 12.2 Å². The number of amides is 4. The maximum atomic E-state index is 14.2. The smallest absolute Gasteiger partial charge is 0.410 e. The monoisotopic (exact) mass is 688 g/mol. The molecule has 2 aromatic rings. The fourth-order valence-electron chi connectivity index (χ4n) is 8.53. The number of rotatable bonds is 6. The zero-order valence-electron chi connectivity index (χ0n) is 29.5. The van der Waals surface area contributed by atoms with Gasteiger partial charge in [0.25, 0.3) is 5.91 Å². The lowest BCUT2D eigenvalue weighted by Crippen LogP contribution is -2.53. The highest BCUT2D eigenvalue weighted by Gasteiger charge is 2.37. The predicted molar refractivity (Wildman–Crippen MR) is 191 cm³/mol. The van der Waals surface area contributed by atoms with Gasteiger partial charge >= 0.3 is 12.1 Å². The Labute approximate surface area is 295 Å². The van der Waals surface area contributed by atoms with E-state index in [0.717, 1.165) is 85.6 Å². The SMILES string of the molecule is Cc1cc(C[C@@H](OC(=O)N2CCC(N3CCc4ccccc4NC3=O)CC2)C(=O)N2CCC(N3CCC(O)CC3)CC2)cc2c1N(C)CCO2. The lowest BCUT2D eigenvalue weighted by molar-refractivity contribution is -0.142. The van der Waals surface area contributed by atoms with Crippen molar-refractivity contribution in [1.82, 2.24) is 19.6 Å². The van der Waals surface area contributed by atoms with Crippen LogP contribution < -0.4 is 15.0 Å². The maximum Gasteiger partial charge on any atom is 0.410 e. The molecule has 1 atom stereocenters. The fourth-order valence-corrected chi connectivity index (χ4v) is 8.53. The molecule has 0 aromatic heterocycles. The van der Waals surface area contributed by atoms with Gasteiger partial charge in [0.15, 0.2) is 6.10 Å². The molecule has 0 spiro atoms. The molecule has 5 aliphatic heterocycles. The van der Waals surface area contributed by atoms with Crippen LogP contribution >= 0.6 is 0 Å². The number of hydrogen-bond acceptors (Lipinski definition) is 8. The summed E-state index contributed by atoms with van der Waals surface area (Å²) in [7, 11) is 2.05. The number of anilines is 2. The number of benzene rings is 2. The lowest BCUT2D eigenvalue weighted by atomic mass is 9.97. The van der Waals surface area contributed by atoms with Crippen LogP contribution in [0.4, 0.5) is 21.0 Å². The van der Waals surface area contributed by atoms with E-state index in [1.165, 1.54) is 0 Å². The Morgan fingerprint density at radius 1 is 0.920 bits per heavy atom. The van der Waals surface area contributed by atoms with Gasteiger partial charge in [-0.25, -0.2) is 9.59 Å². The fraction of sp³-hybridized carbons (Fsp3) is 0.605. The molecule has 12 nitrogen and oxygen atoms in total. The molecule has 0 saturated carbocycles. The summed E-state index contributed by atoms with van der Waals surface area (Å²) in [5, 5.41) is 13.0. The molecule has 0 bridgehead atoms. The van der Waals surface area contributed by atoms with Crippen LogP contribution in [-0.2, 0) is 22.4 Å². The highest BCUT2D eigenvalue weighted by Crippen LogP contribution is 2.36. The molecule has 5 aliphatic rings. The molecule has 50 heavy (non-hydrogen) atoms. The number of fused-ring (bicyclic) bond motifs is 2. The standard InChI is InChI=1S/C38H52N6O6/c1-26-23-27(24-33-35(26)40(2)21-22-49-33)25-34(36(46)42-14-8-29(9-15-42)41-18-12-31(45)13-19-41)50-38(48)43-16-10-30(11-17-43)44-20-7-28-5-3-4-6-32(28)39-37(44)47/h3-6,23-24,29-31,34,45H,7-22,25H2,1-2H3,(H,39,47)/t34-/m1/s1. The quantitative estimate of drug-likeness (QED) is 0.470. The van der Waals surface area contributed by atoms with Crippen molar-refractivity contribution in [3.8, 4) is 5.75 Å². The van der Waals surface area contributed by atoms with Crippen LogP contribution in [0.25, 0.3) is 0 Å². The molecule has 4 amide bonds. The van der Waals surface area contributed by atoms with Gasteiger partial charge in [-0.05, 0) is 80.7 Å². The van der Waals surface area contributed by atoms with Crippen molar-refractivity contribution < 1.29 is 29.0 Å². The van der Waals surface area contributed by atoms with Gasteiger partial charge in [-0.3, -0.25) is 4.79 Å². The van der Waals surface area contributed by atoms with Gasteiger partial charge < -0.3 is 44.4 Å². The number of aliphatic hydroxyl groups excluding tert-OH is 1. The normalized spacial score (nSPS) is 21.9. The van der Waals surface area contributed by atoms with Crippen molar-refractivity contribution in [2.24, 2.45) is 0 Å². The third-order valence-electron chi connectivity index (χ3n) is 11.4. The van der Waals surface area contributed by atoms with Crippen LogP contribution in [0.5, 0.6) is 5.75 Å². The van der Waals surface area contributed by atoms with Crippen LogP contribution in [0.3, 0.4) is 0 Å². The Kier molecular flexibility index (Phi) is 10.4. The first-order valence-electron chi connectivity index (χ1n) is 18.5. The topological polar surface area (TPSA) is 118 Å². The number of urea groups is 1. The number of ether oxygens (including phenoxy) is 2. The Bertz CT molecular complexity index is 1550. The molecule has 0 radical (unpaired) electrons. The third-order valence-corrected chi connectivity index (χ3v) is 11.4. The van der Waals surface area contributed by atoms with Crippen LogP contribution in [0.1, 0.15) is 55.2 Å². The van der Waals surface area contributed by atoms with E-state index in [9.17, 15) is 19.5 Å². The molecule has 3 saturated heterocycles.